The Hall–Kier alpha value is -0.740. The maximum atomic E-state index is 13.9. The molecule has 2 heterocycles. The Morgan fingerprint density at radius 2 is 2.26 bits per heavy atom. The molecule has 1 saturated heterocycles. The fourth-order valence-electron chi connectivity index (χ4n) is 3.35. The zero-order chi connectivity index (χ0) is 18.5. The Labute approximate surface area is 182 Å². The van der Waals surface area contributed by atoms with Gasteiger partial charge < -0.3 is 19.7 Å². The number of hydrogen-bond acceptors (Lipinski definition) is 4. The SMILES string of the molecule is CN=C(NCCc1cc(F)cc2c1OCOC2)N1CCSC(C(C)C)C1.I. The van der Waals surface area contributed by atoms with Crippen molar-refractivity contribution in [2.75, 3.05) is 39.2 Å². The van der Waals surface area contributed by atoms with E-state index in [0.29, 0.717) is 30.7 Å². The largest absolute Gasteiger partial charge is 0.467 e. The van der Waals surface area contributed by atoms with Crippen LogP contribution in [0.25, 0.3) is 0 Å². The van der Waals surface area contributed by atoms with Crippen LogP contribution in [-0.4, -0.2) is 55.3 Å². The highest BCUT2D eigenvalue weighted by atomic mass is 127. The van der Waals surface area contributed by atoms with E-state index in [4.69, 9.17) is 9.47 Å². The molecule has 1 atom stereocenters. The number of hydrogen-bond donors (Lipinski definition) is 1. The highest BCUT2D eigenvalue weighted by Crippen LogP contribution is 2.29. The minimum absolute atomic E-state index is 0. The Bertz CT molecular complexity index is 660. The first-order valence-electron chi connectivity index (χ1n) is 9.17. The number of benzene rings is 1. The van der Waals surface area contributed by atoms with Crippen molar-refractivity contribution in [3.63, 3.8) is 0 Å². The first-order valence-corrected chi connectivity index (χ1v) is 10.2. The van der Waals surface area contributed by atoms with Crippen molar-refractivity contribution in [1.29, 1.82) is 0 Å². The van der Waals surface area contributed by atoms with Crippen molar-refractivity contribution in [3.05, 3.63) is 29.1 Å². The number of thioether (sulfide) groups is 1. The molecular weight excluding hydrogens is 480 g/mol. The molecule has 1 fully saturated rings. The van der Waals surface area contributed by atoms with Crippen molar-refractivity contribution >= 4 is 41.7 Å². The molecule has 0 amide bonds. The number of halogens is 2. The molecule has 8 heteroatoms. The number of ether oxygens (including phenoxy) is 2. The lowest BCUT2D eigenvalue weighted by atomic mass is 10.1. The van der Waals surface area contributed by atoms with Gasteiger partial charge in [0.25, 0.3) is 0 Å². The maximum Gasteiger partial charge on any atom is 0.193 e. The normalized spacial score (nSPS) is 20.0. The van der Waals surface area contributed by atoms with Gasteiger partial charge in [-0.2, -0.15) is 11.8 Å². The van der Waals surface area contributed by atoms with Crippen LogP contribution in [0.15, 0.2) is 17.1 Å². The van der Waals surface area contributed by atoms with Crippen molar-refractivity contribution in [2.45, 2.75) is 32.1 Å². The van der Waals surface area contributed by atoms with Crippen molar-refractivity contribution in [1.82, 2.24) is 10.2 Å². The predicted octanol–water partition coefficient (Wildman–Crippen LogP) is 3.50. The van der Waals surface area contributed by atoms with Crippen molar-refractivity contribution in [3.8, 4) is 5.75 Å². The van der Waals surface area contributed by atoms with Gasteiger partial charge in [0.15, 0.2) is 12.8 Å². The summed E-state index contributed by atoms with van der Waals surface area (Å²) in [5.74, 6) is 3.22. The number of guanidine groups is 1. The van der Waals surface area contributed by atoms with E-state index in [-0.39, 0.29) is 36.6 Å². The van der Waals surface area contributed by atoms with E-state index < -0.39 is 0 Å². The van der Waals surface area contributed by atoms with Gasteiger partial charge in [-0.25, -0.2) is 4.39 Å². The fraction of sp³-hybridized carbons (Fsp3) is 0.632. The molecule has 0 aliphatic carbocycles. The number of fused-ring (bicyclic) bond motifs is 1. The molecule has 152 valence electrons. The lowest BCUT2D eigenvalue weighted by Crippen LogP contribution is -2.49. The van der Waals surface area contributed by atoms with E-state index >= 15 is 0 Å². The van der Waals surface area contributed by atoms with Gasteiger partial charge in [0.1, 0.15) is 11.6 Å². The Morgan fingerprint density at radius 1 is 1.44 bits per heavy atom. The van der Waals surface area contributed by atoms with Crippen LogP contribution < -0.4 is 10.1 Å². The van der Waals surface area contributed by atoms with Crippen LogP contribution in [0.4, 0.5) is 4.39 Å². The third-order valence-corrected chi connectivity index (χ3v) is 6.32. The number of nitrogens with zero attached hydrogens (tertiary/aromatic N) is 2. The molecular formula is C19H29FIN3O2S. The van der Waals surface area contributed by atoms with Crippen LogP contribution in [0.5, 0.6) is 5.75 Å². The summed E-state index contributed by atoms with van der Waals surface area (Å²) in [4.78, 5) is 6.76. The molecule has 0 aromatic heterocycles. The molecule has 3 rings (SSSR count). The summed E-state index contributed by atoms with van der Waals surface area (Å²) in [6.45, 7) is 7.87. The lowest BCUT2D eigenvalue weighted by Gasteiger charge is -2.36. The predicted molar refractivity (Wildman–Crippen MR) is 120 cm³/mol. The van der Waals surface area contributed by atoms with E-state index in [1.165, 1.54) is 6.07 Å². The molecule has 27 heavy (non-hydrogen) atoms. The lowest BCUT2D eigenvalue weighted by molar-refractivity contribution is -0.0172. The molecule has 5 nitrogen and oxygen atoms in total. The molecule has 1 unspecified atom stereocenters. The molecule has 2 aliphatic heterocycles. The van der Waals surface area contributed by atoms with Gasteiger partial charge in [0.2, 0.25) is 0 Å². The summed E-state index contributed by atoms with van der Waals surface area (Å²) in [6, 6.07) is 3.04. The molecule has 1 aromatic rings. The zero-order valence-electron chi connectivity index (χ0n) is 16.2. The third kappa shape index (κ3) is 5.87. The summed E-state index contributed by atoms with van der Waals surface area (Å²) < 4.78 is 24.7. The van der Waals surface area contributed by atoms with E-state index in [0.717, 1.165) is 41.7 Å². The van der Waals surface area contributed by atoms with Gasteiger partial charge in [-0.3, -0.25) is 4.99 Å². The smallest absolute Gasteiger partial charge is 0.193 e. The zero-order valence-corrected chi connectivity index (χ0v) is 19.3. The Morgan fingerprint density at radius 3 is 3.00 bits per heavy atom. The minimum Gasteiger partial charge on any atom is -0.467 e. The summed E-state index contributed by atoms with van der Waals surface area (Å²) in [7, 11) is 1.82. The molecule has 2 aliphatic rings. The third-order valence-electron chi connectivity index (χ3n) is 4.78. The topological polar surface area (TPSA) is 46.1 Å². The quantitative estimate of drug-likeness (QED) is 0.383. The summed E-state index contributed by atoms with van der Waals surface area (Å²) in [6.07, 6.45) is 0.676. The second-order valence-electron chi connectivity index (χ2n) is 6.99. The number of aliphatic imine (C=N–C) groups is 1. The van der Waals surface area contributed by atoms with Gasteiger partial charge in [-0.1, -0.05) is 13.8 Å². The van der Waals surface area contributed by atoms with Gasteiger partial charge in [0, 0.05) is 43.2 Å². The Balaban J connectivity index is 0.00000261. The second kappa shape index (κ2) is 10.7. The monoisotopic (exact) mass is 509 g/mol. The number of nitrogens with one attached hydrogen (secondary N) is 1. The van der Waals surface area contributed by atoms with E-state index in [1.807, 2.05) is 18.8 Å². The van der Waals surface area contributed by atoms with Crippen molar-refractivity contribution < 1.29 is 13.9 Å². The molecule has 0 bridgehead atoms. The highest BCUT2D eigenvalue weighted by molar-refractivity contribution is 14.0. The standard InChI is InChI=1S/C19H28FN3O2S.HI/c1-13(2)17-10-23(6-7-26-17)19(21-3)22-5-4-14-8-16(20)9-15-11-24-12-25-18(14)15;/h8-9,13,17H,4-7,10-12H2,1-3H3,(H,21,22);1H. The van der Waals surface area contributed by atoms with Crippen LogP contribution >= 0.6 is 35.7 Å². The van der Waals surface area contributed by atoms with Crippen LogP contribution in [0.3, 0.4) is 0 Å². The molecule has 1 aromatic carbocycles. The molecule has 0 saturated carbocycles. The molecule has 1 N–H and O–H groups in total. The first kappa shape index (κ1) is 22.5. The number of rotatable bonds is 4. The second-order valence-corrected chi connectivity index (χ2v) is 8.33. The highest BCUT2D eigenvalue weighted by Gasteiger charge is 2.25. The van der Waals surface area contributed by atoms with E-state index in [2.05, 4.69) is 29.1 Å². The van der Waals surface area contributed by atoms with Crippen LogP contribution in [-0.2, 0) is 17.8 Å². The first-order chi connectivity index (χ1) is 12.6. The van der Waals surface area contributed by atoms with Crippen LogP contribution in [0.1, 0.15) is 25.0 Å². The summed E-state index contributed by atoms with van der Waals surface area (Å²) in [5, 5.41) is 4.06. The molecule has 0 spiro atoms. The Kier molecular flexibility index (Phi) is 8.94. The maximum absolute atomic E-state index is 13.9. The van der Waals surface area contributed by atoms with Crippen LogP contribution in [0, 0.1) is 11.7 Å². The minimum atomic E-state index is -0.245. The van der Waals surface area contributed by atoms with E-state index in [1.54, 1.807) is 6.07 Å². The summed E-state index contributed by atoms with van der Waals surface area (Å²) in [5.41, 5.74) is 1.66. The van der Waals surface area contributed by atoms with Gasteiger partial charge in [-0.05, 0) is 30.0 Å². The van der Waals surface area contributed by atoms with Gasteiger partial charge in [0.05, 0.1) is 6.61 Å². The van der Waals surface area contributed by atoms with Gasteiger partial charge in [-0.15, -0.1) is 24.0 Å². The summed E-state index contributed by atoms with van der Waals surface area (Å²) >= 11 is 2.05. The fourth-order valence-corrected chi connectivity index (χ4v) is 4.65. The average molecular weight is 509 g/mol. The van der Waals surface area contributed by atoms with Crippen molar-refractivity contribution in [2.24, 2.45) is 10.9 Å². The average Bonchev–Trinajstić information content (AvgIpc) is 2.65. The molecule has 0 radical (unpaired) electrons. The van der Waals surface area contributed by atoms with Gasteiger partial charge >= 0.3 is 0 Å². The van der Waals surface area contributed by atoms with Crippen LogP contribution in [0.2, 0.25) is 0 Å². The van der Waals surface area contributed by atoms with E-state index in [9.17, 15) is 4.39 Å².